The SMILES string of the molecule is COc1ccc(NC2=CC(=O)CCC2)c([N+](=O)[O-])c1. The third-order valence-corrected chi connectivity index (χ3v) is 2.90. The van der Waals surface area contributed by atoms with Gasteiger partial charge in [-0.3, -0.25) is 14.9 Å². The Morgan fingerprint density at radius 2 is 2.16 bits per heavy atom. The van der Waals surface area contributed by atoms with Crippen molar-refractivity contribution >= 4 is 17.2 Å². The van der Waals surface area contributed by atoms with E-state index in [4.69, 9.17) is 4.74 Å². The first kappa shape index (κ1) is 13.1. The summed E-state index contributed by atoms with van der Waals surface area (Å²) in [5, 5.41) is 14.0. The lowest BCUT2D eigenvalue weighted by Gasteiger charge is -2.14. The molecule has 0 bridgehead atoms. The fourth-order valence-corrected chi connectivity index (χ4v) is 1.96. The van der Waals surface area contributed by atoms with E-state index in [0.29, 0.717) is 23.6 Å². The average Bonchev–Trinajstić information content (AvgIpc) is 2.39. The molecule has 6 heteroatoms. The van der Waals surface area contributed by atoms with Gasteiger partial charge in [-0.05, 0) is 25.0 Å². The summed E-state index contributed by atoms with van der Waals surface area (Å²) >= 11 is 0. The maximum Gasteiger partial charge on any atom is 0.296 e. The summed E-state index contributed by atoms with van der Waals surface area (Å²) in [7, 11) is 1.45. The lowest BCUT2D eigenvalue weighted by atomic mass is 10.0. The van der Waals surface area contributed by atoms with E-state index >= 15 is 0 Å². The first-order valence-corrected chi connectivity index (χ1v) is 5.93. The number of nitro benzene ring substituents is 1. The van der Waals surface area contributed by atoms with Gasteiger partial charge in [0.1, 0.15) is 11.4 Å². The second kappa shape index (κ2) is 5.51. The van der Waals surface area contributed by atoms with E-state index in [1.54, 1.807) is 12.1 Å². The van der Waals surface area contributed by atoms with E-state index in [9.17, 15) is 14.9 Å². The molecular weight excluding hydrogens is 248 g/mol. The van der Waals surface area contributed by atoms with Gasteiger partial charge in [-0.15, -0.1) is 0 Å². The highest BCUT2D eigenvalue weighted by atomic mass is 16.6. The van der Waals surface area contributed by atoms with E-state index in [1.165, 1.54) is 19.3 Å². The topological polar surface area (TPSA) is 81.5 Å². The van der Waals surface area contributed by atoms with Crippen LogP contribution in [0, 0.1) is 10.1 Å². The average molecular weight is 262 g/mol. The zero-order valence-corrected chi connectivity index (χ0v) is 10.5. The van der Waals surface area contributed by atoms with Gasteiger partial charge in [-0.2, -0.15) is 0 Å². The van der Waals surface area contributed by atoms with Crippen molar-refractivity contribution in [2.75, 3.05) is 12.4 Å². The second-order valence-electron chi connectivity index (χ2n) is 4.25. The van der Waals surface area contributed by atoms with Crippen molar-refractivity contribution in [2.24, 2.45) is 0 Å². The third-order valence-electron chi connectivity index (χ3n) is 2.90. The van der Waals surface area contributed by atoms with Crippen LogP contribution < -0.4 is 10.1 Å². The number of anilines is 1. The molecule has 0 aliphatic heterocycles. The number of hydrogen-bond acceptors (Lipinski definition) is 5. The zero-order chi connectivity index (χ0) is 13.8. The number of nitrogens with zero attached hydrogens (tertiary/aromatic N) is 1. The predicted molar refractivity (Wildman–Crippen MR) is 70.2 cm³/mol. The van der Waals surface area contributed by atoms with Gasteiger partial charge in [0.05, 0.1) is 18.1 Å². The molecule has 19 heavy (non-hydrogen) atoms. The maximum atomic E-state index is 11.3. The Balaban J connectivity index is 2.29. The van der Waals surface area contributed by atoms with Gasteiger partial charge in [0, 0.05) is 18.2 Å². The van der Waals surface area contributed by atoms with Crippen LogP contribution in [0.3, 0.4) is 0 Å². The molecule has 100 valence electrons. The van der Waals surface area contributed by atoms with Crippen molar-refractivity contribution in [2.45, 2.75) is 19.3 Å². The number of allylic oxidation sites excluding steroid dienone is 2. The van der Waals surface area contributed by atoms with Crippen LogP contribution in [0.15, 0.2) is 30.0 Å². The van der Waals surface area contributed by atoms with Crippen LogP contribution in [0.2, 0.25) is 0 Å². The quantitative estimate of drug-likeness (QED) is 0.666. The van der Waals surface area contributed by atoms with Crippen molar-refractivity contribution in [3.63, 3.8) is 0 Å². The van der Waals surface area contributed by atoms with Gasteiger partial charge in [0.15, 0.2) is 5.78 Å². The zero-order valence-electron chi connectivity index (χ0n) is 10.5. The molecule has 0 saturated carbocycles. The molecule has 0 heterocycles. The van der Waals surface area contributed by atoms with E-state index in [-0.39, 0.29) is 11.5 Å². The minimum Gasteiger partial charge on any atom is -0.496 e. The van der Waals surface area contributed by atoms with E-state index in [0.717, 1.165) is 12.8 Å². The first-order chi connectivity index (χ1) is 9.10. The molecule has 6 nitrogen and oxygen atoms in total. The summed E-state index contributed by atoms with van der Waals surface area (Å²) in [5.74, 6) is 0.468. The smallest absolute Gasteiger partial charge is 0.296 e. The fraction of sp³-hybridized carbons (Fsp3) is 0.308. The predicted octanol–water partition coefficient (Wildman–Crippen LogP) is 2.65. The number of ether oxygens (including phenoxy) is 1. The van der Waals surface area contributed by atoms with Gasteiger partial charge < -0.3 is 10.1 Å². The molecule has 0 amide bonds. The monoisotopic (exact) mass is 262 g/mol. The Bertz CT molecular complexity index is 552. The Kier molecular flexibility index (Phi) is 3.79. The number of hydrogen-bond donors (Lipinski definition) is 1. The number of ketones is 1. The summed E-state index contributed by atoms with van der Waals surface area (Å²) in [5.41, 5.74) is 1.01. The van der Waals surface area contributed by atoms with Crippen LogP contribution in [-0.4, -0.2) is 17.8 Å². The normalized spacial score (nSPS) is 14.8. The van der Waals surface area contributed by atoms with Crippen LogP contribution in [0.1, 0.15) is 19.3 Å². The van der Waals surface area contributed by atoms with Gasteiger partial charge in [-0.1, -0.05) is 0 Å². The Morgan fingerprint density at radius 3 is 2.79 bits per heavy atom. The molecule has 1 aromatic carbocycles. The number of carbonyl (C=O) groups is 1. The minimum absolute atomic E-state index is 0.0462. The Hall–Kier alpha value is -2.37. The van der Waals surface area contributed by atoms with Gasteiger partial charge >= 0.3 is 0 Å². The Morgan fingerprint density at radius 1 is 1.37 bits per heavy atom. The maximum absolute atomic E-state index is 11.3. The van der Waals surface area contributed by atoms with Gasteiger partial charge in [0.25, 0.3) is 5.69 Å². The van der Waals surface area contributed by atoms with E-state index in [1.807, 2.05) is 0 Å². The van der Waals surface area contributed by atoms with Crippen molar-refractivity contribution in [1.82, 2.24) is 0 Å². The minimum atomic E-state index is -0.476. The Labute approximate surface area is 110 Å². The lowest BCUT2D eigenvalue weighted by Crippen LogP contribution is -2.10. The van der Waals surface area contributed by atoms with Crippen LogP contribution in [-0.2, 0) is 4.79 Å². The molecule has 0 spiro atoms. The first-order valence-electron chi connectivity index (χ1n) is 5.93. The second-order valence-corrected chi connectivity index (χ2v) is 4.25. The third kappa shape index (κ3) is 3.09. The van der Waals surface area contributed by atoms with Crippen molar-refractivity contribution in [3.8, 4) is 5.75 Å². The van der Waals surface area contributed by atoms with Gasteiger partial charge in [-0.25, -0.2) is 0 Å². The fourth-order valence-electron chi connectivity index (χ4n) is 1.96. The van der Waals surface area contributed by atoms with E-state index in [2.05, 4.69) is 5.32 Å². The highest BCUT2D eigenvalue weighted by Gasteiger charge is 2.17. The molecule has 0 radical (unpaired) electrons. The standard InChI is InChI=1S/C13H14N2O4/c1-19-11-5-6-12(13(8-11)15(17)18)14-9-3-2-4-10(16)7-9/h5-8,14H,2-4H2,1H3. The van der Waals surface area contributed by atoms with E-state index < -0.39 is 4.92 Å². The molecule has 2 rings (SSSR count). The van der Waals surface area contributed by atoms with Crippen LogP contribution >= 0.6 is 0 Å². The molecule has 0 aromatic heterocycles. The molecule has 1 aliphatic rings. The van der Waals surface area contributed by atoms with Gasteiger partial charge in [0.2, 0.25) is 0 Å². The summed E-state index contributed by atoms with van der Waals surface area (Å²) in [6, 6.07) is 4.57. The largest absolute Gasteiger partial charge is 0.496 e. The van der Waals surface area contributed by atoms with Crippen LogP contribution in [0.4, 0.5) is 11.4 Å². The van der Waals surface area contributed by atoms with Crippen molar-refractivity contribution in [3.05, 3.63) is 40.1 Å². The summed E-state index contributed by atoms with van der Waals surface area (Å²) in [6.07, 6.45) is 3.53. The number of nitro groups is 1. The summed E-state index contributed by atoms with van der Waals surface area (Å²) < 4.78 is 4.97. The molecule has 0 saturated heterocycles. The molecule has 0 fully saturated rings. The summed E-state index contributed by atoms with van der Waals surface area (Å²) in [4.78, 5) is 21.9. The van der Waals surface area contributed by atoms with Crippen LogP contribution in [0.5, 0.6) is 5.75 Å². The highest BCUT2D eigenvalue weighted by molar-refractivity contribution is 5.91. The number of rotatable bonds is 4. The number of nitrogens with one attached hydrogen (secondary N) is 1. The number of carbonyl (C=O) groups excluding carboxylic acids is 1. The van der Waals surface area contributed by atoms with Crippen LogP contribution in [0.25, 0.3) is 0 Å². The highest BCUT2D eigenvalue weighted by Crippen LogP contribution is 2.31. The molecule has 0 unspecified atom stereocenters. The lowest BCUT2D eigenvalue weighted by molar-refractivity contribution is -0.384. The van der Waals surface area contributed by atoms with Crippen molar-refractivity contribution in [1.29, 1.82) is 0 Å². The molecule has 0 atom stereocenters. The van der Waals surface area contributed by atoms with Crippen molar-refractivity contribution < 1.29 is 14.5 Å². The number of methoxy groups -OCH3 is 1. The molecular formula is C13H14N2O4. The summed E-state index contributed by atoms with van der Waals surface area (Å²) in [6.45, 7) is 0. The molecule has 1 N–H and O–H groups in total. The molecule has 1 aliphatic carbocycles. The number of benzene rings is 1. The molecule has 1 aromatic rings.